The minimum Gasteiger partial charge on any atom is -0.454 e. The van der Waals surface area contributed by atoms with E-state index >= 15 is 0 Å². The number of hydrogen-bond acceptors (Lipinski definition) is 3. The fourth-order valence-electron chi connectivity index (χ4n) is 1.36. The molecule has 0 aliphatic carbocycles. The number of thiazole rings is 1. The Bertz CT molecular complexity index is 454. The van der Waals surface area contributed by atoms with Crippen LogP contribution < -0.4 is 0 Å². The van der Waals surface area contributed by atoms with E-state index in [4.69, 9.17) is 4.42 Å². The molecule has 72 valence electrons. The van der Waals surface area contributed by atoms with Crippen molar-refractivity contribution in [2.45, 2.75) is 13.8 Å². The molecule has 2 heterocycles. The van der Waals surface area contributed by atoms with Crippen LogP contribution in [0.3, 0.4) is 0 Å². The molecule has 0 amide bonds. The normalized spacial score (nSPS) is 10.4. The molecule has 3 heteroatoms. The van der Waals surface area contributed by atoms with E-state index in [0.29, 0.717) is 0 Å². The molecule has 2 aromatic heterocycles. The van der Waals surface area contributed by atoms with Crippen LogP contribution in [0.4, 0.5) is 0 Å². The van der Waals surface area contributed by atoms with Crippen molar-refractivity contribution < 1.29 is 4.42 Å². The van der Waals surface area contributed by atoms with Gasteiger partial charge in [0.2, 0.25) is 0 Å². The summed E-state index contributed by atoms with van der Waals surface area (Å²) in [6.45, 7) is 7.83. The van der Waals surface area contributed by atoms with Gasteiger partial charge in [-0.3, -0.25) is 0 Å². The van der Waals surface area contributed by atoms with Crippen LogP contribution in [-0.4, -0.2) is 4.98 Å². The van der Waals surface area contributed by atoms with Crippen LogP contribution in [0.15, 0.2) is 28.6 Å². The van der Waals surface area contributed by atoms with Crippen molar-refractivity contribution in [1.29, 1.82) is 0 Å². The zero-order chi connectivity index (χ0) is 10.1. The van der Waals surface area contributed by atoms with Crippen molar-refractivity contribution in [3.8, 4) is 10.8 Å². The maximum atomic E-state index is 5.67. The van der Waals surface area contributed by atoms with Crippen molar-refractivity contribution >= 4 is 16.9 Å². The highest BCUT2D eigenvalue weighted by molar-refractivity contribution is 7.13. The quantitative estimate of drug-likeness (QED) is 0.746. The van der Waals surface area contributed by atoms with Gasteiger partial charge < -0.3 is 4.42 Å². The standard InChI is InChI=1S/C11H11NOS/c1-7(2)10-8(3)6-9(13-10)11-12-4-5-14-11/h4-6H,1H2,2-3H3. The molecule has 0 bridgehead atoms. The Balaban J connectivity index is 2.48. The number of allylic oxidation sites excluding steroid dienone is 1. The van der Waals surface area contributed by atoms with Gasteiger partial charge in [0.25, 0.3) is 0 Å². The highest BCUT2D eigenvalue weighted by Gasteiger charge is 2.10. The van der Waals surface area contributed by atoms with Crippen LogP contribution in [0.1, 0.15) is 18.2 Å². The number of nitrogens with zero attached hydrogens (tertiary/aromatic N) is 1. The van der Waals surface area contributed by atoms with Crippen molar-refractivity contribution in [1.82, 2.24) is 4.98 Å². The lowest BCUT2D eigenvalue weighted by molar-refractivity contribution is 0.565. The summed E-state index contributed by atoms with van der Waals surface area (Å²) < 4.78 is 5.67. The fraction of sp³-hybridized carbons (Fsp3) is 0.182. The fourth-order valence-corrected chi connectivity index (χ4v) is 1.95. The molecule has 0 atom stereocenters. The maximum absolute atomic E-state index is 5.67. The average Bonchev–Trinajstić information content (AvgIpc) is 2.70. The van der Waals surface area contributed by atoms with Gasteiger partial charge in [-0.15, -0.1) is 11.3 Å². The summed E-state index contributed by atoms with van der Waals surface area (Å²) in [6.07, 6.45) is 1.78. The largest absolute Gasteiger partial charge is 0.454 e. The molecule has 0 aromatic carbocycles. The minimum absolute atomic E-state index is 0.829. The molecule has 2 rings (SSSR count). The predicted molar refractivity (Wildman–Crippen MR) is 59.3 cm³/mol. The number of hydrogen-bond donors (Lipinski definition) is 0. The second kappa shape index (κ2) is 3.42. The van der Waals surface area contributed by atoms with Gasteiger partial charge in [0.1, 0.15) is 5.76 Å². The van der Waals surface area contributed by atoms with Crippen molar-refractivity contribution in [2.24, 2.45) is 0 Å². The van der Waals surface area contributed by atoms with Gasteiger partial charge in [0.15, 0.2) is 10.8 Å². The lowest BCUT2D eigenvalue weighted by Crippen LogP contribution is -1.74. The van der Waals surface area contributed by atoms with E-state index in [9.17, 15) is 0 Å². The average molecular weight is 205 g/mol. The van der Waals surface area contributed by atoms with Gasteiger partial charge in [-0.05, 0) is 31.1 Å². The van der Waals surface area contributed by atoms with Crippen LogP contribution in [0.25, 0.3) is 16.3 Å². The molecule has 2 nitrogen and oxygen atoms in total. The summed E-state index contributed by atoms with van der Waals surface area (Å²) in [5.41, 5.74) is 2.06. The van der Waals surface area contributed by atoms with Crippen LogP contribution in [0.5, 0.6) is 0 Å². The first-order chi connectivity index (χ1) is 6.68. The SMILES string of the molecule is C=C(C)c1oc(-c2nccs2)cc1C. The molecule has 0 N–H and O–H groups in total. The predicted octanol–water partition coefficient (Wildman–Crippen LogP) is 3.74. The molecule has 0 fully saturated rings. The zero-order valence-electron chi connectivity index (χ0n) is 8.20. The maximum Gasteiger partial charge on any atom is 0.163 e. The number of furan rings is 1. The number of aromatic nitrogens is 1. The van der Waals surface area contributed by atoms with Crippen LogP contribution in [0, 0.1) is 6.92 Å². The lowest BCUT2D eigenvalue weighted by atomic mass is 10.2. The van der Waals surface area contributed by atoms with Crippen LogP contribution in [-0.2, 0) is 0 Å². The topological polar surface area (TPSA) is 26.0 Å². The van der Waals surface area contributed by atoms with Crippen molar-refractivity contribution in [3.63, 3.8) is 0 Å². The van der Waals surface area contributed by atoms with E-state index in [1.165, 1.54) is 0 Å². The van der Waals surface area contributed by atoms with E-state index in [-0.39, 0.29) is 0 Å². The first kappa shape index (κ1) is 9.21. The van der Waals surface area contributed by atoms with Gasteiger partial charge in [-0.2, -0.15) is 0 Å². The van der Waals surface area contributed by atoms with E-state index in [1.807, 2.05) is 25.3 Å². The summed E-state index contributed by atoms with van der Waals surface area (Å²) >= 11 is 1.58. The monoisotopic (exact) mass is 205 g/mol. The first-order valence-corrected chi connectivity index (χ1v) is 5.22. The Kier molecular flexibility index (Phi) is 2.25. The molecule has 0 unspecified atom stereocenters. The molecule has 0 aliphatic rings. The molecule has 0 spiro atoms. The molecule has 0 saturated carbocycles. The van der Waals surface area contributed by atoms with Crippen molar-refractivity contribution in [2.75, 3.05) is 0 Å². The molecule has 0 aliphatic heterocycles. The summed E-state index contributed by atoms with van der Waals surface area (Å²) in [7, 11) is 0. The molecule has 2 aromatic rings. The molecule has 14 heavy (non-hydrogen) atoms. The van der Waals surface area contributed by atoms with Gasteiger partial charge in [0, 0.05) is 11.6 Å². The Morgan fingerprint density at radius 1 is 1.57 bits per heavy atom. The summed E-state index contributed by atoms with van der Waals surface area (Å²) in [5, 5.41) is 2.86. The third-order valence-corrected chi connectivity index (χ3v) is 2.74. The van der Waals surface area contributed by atoms with Gasteiger partial charge in [0.05, 0.1) is 0 Å². The van der Waals surface area contributed by atoms with E-state index in [1.54, 1.807) is 17.5 Å². The Labute approximate surface area is 86.9 Å². The van der Waals surface area contributed by atoms with Gasteiger partial charge in [-0.1, -0.05) is 6.58 Å². The lowest BCUT2D eigenvalue weighted by Gasteiger charge is -1.93. The Morgan fingerprint density at radius 3 is 2.86 bits per heavy atom. The second-order valence-electron chi connectivity index (χ2n) is 3.24. The van der Waals surface area contributed by atoms with Gasteiger partial charge in [-0.25, -0.2) is 4.98 Å². The Morgan fingerprint density at radius 2 is 2.36 bits per heavy atom. The van der Waals surface area contributed by atoms with Gasteiger partial charge >= 0.3 is 0 Å². The van der Waals surface area contributed by atoms with Crippen LogP contribution in [0.2, 0.25) is 0 Å². The summed E-state index contributed by atoms with van der Waals surface area (Å²) in [5.74, 6) is 1.70. The molecular formula is C11H11NOS. The minimum atomic E-state index is 0.829. The Hall–Kier alpha value is -1.35. The zero-order valence-corrected chi connectivity index (χ0v) is 9.02. The smallest absolute Gasteiger partial charge is 0.163 e. The van der Waals surface area contributed by atoms with E-state index < -0.39 is 0 Å². The van der Waals surface area contributed by atoms with Crippen LogP contribution >= 0.6 is 11.3 Å². The third-order valence-electron chi connectivity index (χ3n) is 1.95. The second-order valence-corrected chi connectivity index (χ2v) is 4.13. The van der Waals surface area contributed by atoms with E-state index in [2.05, 4.69) is 11.6 Å². The van der Waals surface area contributed by atoms with E-state index in [0.717, 1.165) is 27.7 Å². The molecular weight excluding hydrogens is 194 g/mol. The number of rotatable bonds is 2. The summed E-state index contributed by atoms with van der Waals surface area (Å²) in [4.78, 5) is 4.20. The molecule has 0 saturated heterocycles. The highest BCUT2D eigenvalue weighted by Crippen LogP contribution is 2.29. The highest BCUT2D eigenvalue weighted by atomic mass is 32.1. The molecule has 0 radical (unpaired) electrons. The first-order valence-electron chi connectivity index (χ1n) is 4.34. The van der Waals surface area contributed by atoms with Crippen molar-refractivity contribution in [3.05, 3.63) is 35.5 Å². The summed E-state index contributed by atoms with van der Waals surface area (Å²) in [6, 6.07) is 2.00. The number of aryl methyl sites for hydroxylation is 1. The third kappa shape index (κ3) is 1.51.